The molecule has 1 aromatic heterocycles. The molecule has 0 radical (unpaired) electrons. The van der Waals surface area contributed by atoms with Crippen LogP contribution in [0.5, 0.6) is 0 Å². The first-order valence-corrected chi connectivity index (χ1v) is 10.3. The number of likely N-dealkylation sites (N-methyl/N-ethyl adjacent to an activating group) is 1. The van der Waals surface area contributed by atoms with Gasteiger partial charge in [0.2, 0.25) is 5.91 Å². The number of hydrogen-bond acceptors (Lipinski definition) is 5. The Hall–Kier alpha value is -1.90. The van der Waals surface area contributed by atoms with Crippen LogP contribution in [0, 0.1) is 11.6 Å². The standard InChI is InChI=1S/C20H26F2N4OS/c1-20(2,26-9-4-5-10-26)18(14-6-7-15(21)16(22)12-14)24-13-17(27)25(3)19-23-8-11-28-19/h6-8,11-12,18,24H,4-5,9-10,13H2,1-3H3. The van der Waals surface area contributed by atoms with Crippen molar-refractivity contribution in [2.75, 3.05) is 31.6 Å². The Morgan fingerprint density at radius 3 is 2.64 bits per heavy atom. The van der Waals surface area contributed by atoms with Gasteiger partial charge in [-0.25, -0.2) is 13.8 Å². The molecule has 1 aliphatic heterocycles. The molecule has 3 rings (SSSR count). The first kappa shape index (κ1) is 20.8. The maximum absolute atomic E-state index is 13.9. The summed E-state index contributed by atoms with van der Waals surface area (Å²) in [5, 5.41) is 5.73. The van der Waals surface area contributed by atoms with Crippen LogP contribution in [-0.2, 0) is 4.79 Å². The minimum Gasteiger partial charge on any atom is -0.300 e. The molecule has 28 heavy (non-hydrogen) atoms. The fraction of sp³-hybridized carbons (Fsp3) is 0.500. The fourth-order valence-electron chi connectivity index (χ4n) is 3.74. The van der Waals surface area contributed by atoms with Crippen LogP contribution in [0.15, 0.2) is 29.8 Å². The molecule has 1 fully saturated rings. The highest BCUT2D eigenvalue weighted by atomic mass is 32.1. The Bertz CT molecular complexity index is 807. The second-order valence-corrected chi connectivity index (χ2v) is 8.48. The molecule has 1 aliphatic rings. The van der Waals surface area contributed by atoms with Crippen LogP contribution in [0.4, 0.5) is 13.9 Å². The van der Waals surface area contributed by atoms with Crippen LogP contribution in [-0.4, -0.2) is 48.0 Å². The Balaban J connectivity index is 1.81. The molecule has 1 unspecified atom stereocenters. The molecule has 0 spiro atoms. The molecule has 2 heterocycles. The van der Waals surface area contributed by atoms with E-state index in [2.05, 4.69) is 29.0 Å². The molecule has 0 aliphatic carbocycles. The highest BCUT2D eigenvalue weighted by Crippen LogP contribution is 2.34. The van der Waals surface area contributed by atoms with E-state index in [0.717, 1.165) is 32.0 Å². The lowest BCUT2D eigenvalue weighted by Crippen LogP contribution is -2.53. The monoisotopic (exact) mass is 408 g/mol. The van der Waals surface area contributed by atoms with Crippen LogP contribution < -0.4 is 10.2 Å². The van der Waals surface area contributed by atoms with Crippen LogP contribution >= 0.6 is 11.3 Å². The third-order valence-corrected chi connectivity index (χ3v) is 6.29. The predicted molar refractivity (Wildman–Crippen MR) is 108 cm³/mol. The van der Waals surface area contributed by atoms with Gasteiger partial charge in [0.15, 0.2) is 16.8 Å². The Kier molecular flexibility index (Phi) is 6.42. The topological polar surface area (TPSA) is 48.5 Å². The summed E-state index contributed by atoms with van der Waals surface area (Å²) >= 11 is 1.39. The van der Waals surface area contributed by atoms with Crippen LogP contribution in [0.25, 0.3) is 0 Å². The van der Waals surface area contributed by atoms with E-state index in [-0.39, 0.29) is 24.0 Å². The van der Waals surface area contributed by atoms with E-state index in [4.69, 9.17) is 0 Å². The smallest absolute Gasteiger partial charge is 0.242 e. The van der Waals surface area contributed by atoms with E-state index in [1.807, 2.05) is 5.38 Å². The summed E-state index contributed by atoms with van der Waals surface area (Å²) in [5.74, 6) is -1.89. The molecule has 0 saturated carbocycles. The molecule has 5 nitrogen and oxygen atoms in total. The number of nitrogens with one attached hydrogen (secondary N) is 1. The van der Waals surface area contributed by atoms with Gasteiger partial charge in [-0.2, -0.15) is 0 Å². The second kappa shape index (κ2) is 8.63. The van der Waals surface area contributed by atoms with Gasteiger partial charge in [0, 0.05) is 24.2 Å². The third kappa shape index (κ3) is 4.39. The summed E-state index contributed by atoms with van der Waals surface area (Å²) < 4.78 is 27.4. The number of anilines is 1. The summed E-state index contributed by atoms with van der Waals surface area (Å²) in [6, 6.07) is 3.61. The van der Waals surface area contributed by atoms with E-state index >= 15 is 0 Å². The Morgan fingerprint density at radius 2 is 2.04 bits per heavy atom. The zero-order valence-electron chi connectivity index (χ0n) is 16.4. The van der Waals surface area contributed by atoms with Crippen molar-refractivity contribution in [3.63, 3.8) is 0 Å². The molecule has 1 N–H and O–H groups in total. The van der Waals surface area contributed by atoms with Crippen molar-refractivity contribution in [3.05, 3.63) is 47.0 Å². The zero-order valence-corrected chi connectivity index (χ0v) is 17.2. The summed E-state index contributed by atoms with van der Waals surface area (Å²) in [5.41, 5.74) is 0.251. The number of hydrogen-bond donors (Lipinski definition) is 1. The number of likely N-dealkylation sites (tertiary alicyclic amines) is 1. The highest BCUT2D eigenvalue weighted by Gasteiger charge is 2.38. The molecular formula is C20H26F2N4OS. The number of carbonyl (C=O) groups is 1. The minimum atomic E-state index is -0.882. The quantitative estimate of drug-likeness (QED) is 0.761. The average molecular weight is 409 g/mol. The van der Waals surface area contributed by atoms with Crippen LogP contribution in [0.1, 0.15) is 38.3 Å². The van der Waals surface area contributed by atoms with E-state index < -0.39 is 11.6 Å². The number of thiazole rings is 1. The molecular weight excluding hydrogens is 382 g/mol. The molecule has 0 bridgehead atoms. The Labute approximate surface area is 168 Å². The first-order valence-electron chi connectivity index (χ1n) is 9.40. The summed E-state index contributed by atoms with van der Waals surface area (Å²) in [4.78, 5) is 20.6. The highest BCUT2D eigenvalue weighted by molar-refractivity contribution is 7.13. The summed E-state index contributed by atoms with van der Waals surface area (Å²) in [6.07, 6.45) is 3.87. The van der Waals surface area contributed by atoms with Gasteiger partial charge in [-0.15, -0.1) is 11.3 Å². The lowest BCUT2D eigenvalue weighted by Gasteiger charge is -2.43. The van der Waals surface area contributed by atoms with Crippen molar-refractivity contribution in [2.45, 2.75) is 38.3 Å². The van der Waals surface area contributed by atoms with Crippen molar-refractivity contribution < 1.29 is 13.6 Å². The van der Waals surface area contributed by atoms with E-state index in [9.17, 15) is 13.6 Å². The average Bonchev–Trinajstić information content (AvgIpc) is 3.37. The first-order chi connectivity index (χ1) is 13.3. The van der Waals surface area contributed by atoms with Crippen molar-refractivity contribution in [3.8, 4) is 0 Å². The second-order valence-electron chi connectivity index (χ2n) is 7.60. The predicted octanol–water partition coefficient (Wildman–Crippen LogP) is 3.59. The number of halogens is 2. The summed E-state index contributed by atoms with van der Waals surface area (Å²) in [7, 11) is 1.68. The van der Waals surface area contributed by atoms with Gasteiger partial charge in [-0.3, -0.25) is 19.9 Å². The largest absolute Gasteiger partial charge is 0.300 e. The third-order valence-electron chi connectivity index (χ3n) is 5.44. The van der Waals surface area contributed by atoms with Gasteiger partial charge >= 0.3 is 0 Å². The van der Waals surface area contributed by atoms with Crippen LogP contribution in [0.3, 0.4) is 0 Å². The minimum absolute atomic E-state index is 0.0665. The fourth-order valence-corrected chi connectivity index (χ4v) is 4.36. The SMILES string of the molecule is CN(C(=O)CNC(c1ccc(F)c(F)c1)C(C)(C)N1CCCC1)c1nccs1. The summed E-state index contributed by atoms with van der Waals surface area (Å²) in [6.45, 7) is 6.11. The number of nitrogens with zero attached hydrogens (tertiary/aromatic N) is 3. The molecule has 1 atom stereocenters. The van der Waals surface area contributed by atoms with Crippen molar-refractivity contribution >= 4 is 22.4 Å². The van der Waals surface area contributed by atoms with Gasteiger partial charge < -0.3 is 0 Å². The zero-order chi connectivity index (χ0) is 20.3. The van der Waals surface area contributed by atoms with Crippen LogP contribution in [0.2, 0.25) is 0 Å². The van der Waals surface area contributed by atoms with Gasteiger partial charge in [0.05, 0.1) is 12.6 Å². The molecule has 1 amide bonds. The molecule has 8 heteroatoms. The number of aromatic nitrogens is 1. The van der Waals surface area contributed by atoms with Gasteiger partial charge in [-0.1, -0.05) is 6.07 Å². The van der Waals surface area contributed by atoms with E-state index in [0.29, 0.717) is 10.7 Å². The molecule has 1 saturated heterocycles. The van der Waals surface area contributed by atoms with Crippen molar-refractivity contribution in [1.29, 1.82) is 0 Å². The lowest BCUT2D eigenvalue weighted by atomic mass is 9.86. The normalized spacial score (nSPS) is 16.3. The Morgan fingerprint density at radius 1 is 1.32 bits per heavy atom. The number of benzene rings is 1. The lowest BCUT2D eigenvalue weighted by molar-refractivity contribution is -0.117. The number of rotatable bonds is 7. The van der Waals surface area contributed by atoms with Gasteiger partial charge in [-0.05, 0) is 57.5 Å². The number of amides is 1. The van der Waals surface area contributed by atoms with Crippen molar-refractivity contribution in [2.24, 2.45) is 0 Å². The molecule has 2 aromatic rings. The maximum atomic E-state index is 13.9. The maximum Gasteiger partial charge on any atom is 0.242 e. The van der Waals surface area contributed by atoms with E-state index in [1.54, 1.807) is 19.3 Å². The molecule has 1 aromatic carbocycles. The van der Waals surface area contributed by atoms with Gasteiger partial charge in [0.1, 0.15) is 0 Å². The van der Waals surface area contributed by atoms with Gasteiger partial charge in [0.25, 0.3) is 0 Å². The van der Waals surface area contributed by atoms with E-state index in [1.165, 1.54) is 22.3 Å². The van der Waals surface area contributed by atoms with Crippen molar-refractivity contribution in [1.82, 2.24) is 15.2 Å². The number of carbonyl (C=O) groups excluding carboxylic acids is 1. The molecule has 152 valence electrons.